The summed E-state index contributed by atoms with van der Waals surface area (Å²) in [4.78, 5) is 1.23. The Hall–Kier alpha value is -0.810. The zero-order valence-electron chi connectivity index (χ0n) is 11.7. The van der Waals surface area contributed by atoms with Gasteiger partial charge in [-0.15, -0.1) is 11.3 Å². The van der Waals surface area contributed by atoms with Crippen LogP contribution < -0.4 is 5.32 Å². The minimum absolute atomic E-state index is 0.0495. The molecule has 0 bridgehead atoms. The Morgan fingerprint density at radius 1 is 1.38 bits per heavy atom. The van der Waals surface area contributed by atoms with Gasteiger partial charge in [0.2, 0.25) is 0 Å². The molecule has 0 amide bonds. The first-order chi connectivity index (χ1) is 10.1. The SMILES string of the molecule is CCNC(c1cc2cccc(Cl)c2o1)c1cc(C)c(Br)s1. The van der Waals surface area contributed by atoms with E-state index in [4.69, 9.17) is 16.0 Å². The van der Waals surface area contributed by atoms with Gasteiger partial charge in [0.1, 0.15) is 11.8 Å². The molecule has 1 N–H and O–H groups in total. The van der Waals surface area contributed by atoms with Gasteiger partial charge < -0.3 is 9.73 Å². The highest BCUT2D eigenvalue weighted by molar-refractivity contribution is 9.11. The maximum atomic E-state index is 6.21. The van der Waals surface area contributed by atoms with Gasteiger partial charge in [0.25, 0.3) is 0 Å². The van der Waals surface area contributed by atoms with Crippen molar-refractivity contribution in [1.29, 1.82) is 0 Å². The maximum absolute atomic E-state index is 6.21. The number of nitrogens with one attached hydrogen (secondary N) is 1. The van der Waals surface area contributed by atoms with Gasteiger partial charge in [0.05, 0.1) is 8.81 Å². The molecule has 21 heavy (non-hydrogen) atoms. The second kappa shape index (κ2) is 6.13. The van der Waals surface area contributed by atoms with Crippen molar-refractivity contribution in [3.8, 4) is 0 Å². The molecule has 1 atom stereocenters. The van der Waals surface area contributed by atoms with Crippen LogP contribution in [0.3, 0.4) is 0 Å². The molecule has 3 rings (SSSR count). The summed E-state index contributed by atoms with van der Waals surface area (Å²) in [6.45, 7) is 5.06. The van der Waals surface area contributed by atoms with E-state index in [-0.39, 0.29) is 6.04 Å². The molecule has 1 aromatic carbocycles. The van der Waals surface area contributed by atoms with Gasteiger partial charge >= 0.3 is 0 Å². The Labute approximate surface area is 141 Å². The number of hydrogen-bond acceptors (Lipinski definition) is 3. The summed E-state index contributed by atoms with van der Waals surface area (Å²) in [5.74, 6) is 0.897. The van der Waals surface area contributed by atoms with Crippen molar-refractivity contribution in [1.82, 2.24) is 5.32 Å². The van der Waals surface area contributed by atoms with Crippen LogP contribution in [0.25, 0.3) is 11.0 Å². The van der Waals surface area contributed by atoms with Crippen molar-refractivity contribution >= 4 is 49.8 Å². The molecule has 0 radical (unpaired) electrons. The lowest BCUT2D eigenvalue weighted by molar-refractivity contribution is 0.481. The van der Waals surface area contributed by atoms with E-state index in [1.807, 2.05) is 18.2 Å². The van der Waals surface area contributed by atoms with E-state index in [2.05, 4.69) is 47.2 Å². The van der Waals surface area contributed by atoms with Crippen LogP contribution in [-0.4, -0.2) is 6.54 Å². The van der Waals surface area contributed by atoms with Gasteiger partial charge in [-0.2, -0.15) is 0 Å². The van der Waals surface area contributed by atoms with E-state index in [1.165, 1.54) is 10.4 Å². The van der Waals surface area contributed by atoms with Crippen LogP contribution >= 0.6 is 38.9 Å². The zero-order chi connectivity index (χ0) is 15.0. The highest BCUT2D eigenvalue weighted by atomic mass is 79.9. The number of para-hydroxylation sites is 1. The van der Waals surface area contributed by atoms with E-state index in [1.54, 1.807) is 11.3 Å². The number of thiophene rings is 1. The highest BCUT2D eigenvalue weighted by Gasteiger charge is 2.21. The second-order valence-corrected chi connectivity index (χ2v) is 7.71. The first kappa shape index (κ1) is 15.1. The lowest BCUT2D eigenvalue weighted by Gasteiger charge is -2.13. The third-order valence-corrected chi connectivity index (χ3v) is 5.87. The number of benzene rings is 1. The van der Waals surface area contributed by atoms with Gasteiger partial charge in [-0.1, -0.05) is 30.7 Å². The van der Waals surface area contributed by atoms with Crippen molar-refractivity contribution in [3.05, 3.63) is 55.3 Å². The molecule has 0 saturated heterocycles. The first-order valence-electron chi connectivity index (χ1n) is 6.77. The molecule has 2 heterocycles. The van der Waals surface area contributed by atoms with Gasteiger partial charge in [-0.3, -0.25) is 0 Å². The van der Waals surface area contributed by atoms with Crippen molar-refractivity contribution in [2.75, 3.05) is 6.54 Å². The van der Waals surface area contributed by atoms with Gasteiger partial charge in [0.15, 0.2) is 5.58 Å². The van der Waals surface area contributed by atoms with E-state index >= 15 is 0 Å². The standard InChI is InChI=1S/C16H15BrClNOS/c1-3-19-14(13-7-9(2)16(17)21-13)12-8-10-5-4-6-11(18)15(10)20-12/h4-8,14,19H,3H2,1-2H3. The summed E-state index contributed by atoms with van der Waals surface area (Å²) in [6, 6.07) is 10.1. The number of halogens is 2. The topological polar surface area (TPSA) is 25.2 Å². The van der Waals surface area contributed by atoms with E-state index < -0.39 is 0 Å². The Kier molecular flexibility index (Phi) is 4.41. The van der Waals surface area contributed by atoms with Crippen molar-refractivity contribution in [2.45, 2.75) is 19.9 Å². The van der Waals surface area contributed by atoms with Crippen molar-refractivity contribution in [2.24, 2.45) is 0 Å². The molecule has 2 nitrogen and oxygen atoms in total. The molecule has 0 spiro atoms. The Morgan fingerprint density at radius 2 is 2.19 bits per heavy atom. The van der Waals surface area contributed by atoms with E-state index in [9.17, 15) is 0 Å². The van der Waals surface area contributed by atoms with Gasteiger partial charge in [-0.25, -0.2) is 0 Å². The molecule has 0 aliphatic carbocycles. The van der Waals surface area contributed by atoms with Crippen LogP contribution in [0, 0.1) is 6.92 Å². The molecule has 0 saturated carbocycles. The summed E-state index contributed by atoms with van der Waals surface area (Å²) in [7, 11) is 0. The van der Waals surface area contributed by atoms with Crippen molar-refractivity contribution < 1.29 is 4.42 Å². The number of furan rings is 1. The lowest BCUT2D eigenvalue weighted by Crippen LogP contribution is -2.20. The zero-order valence-corrected chi connectivity index (χ0v) is 14.9. The summed E-state index contributed by atoms with van der Waals surface area (Å²) < 4.78 is 7.18. The second-order valence-electron chi connectivity index (χ2n) is 4.90. The predicted molar refractivity (Wildman–Crippen MR) is 93.5 cm³/mol. The van der Waals surface area contributed by atoms with Gasteiger partial charge in [-0.05, 0) is 53.2 Å². The predicted octanol–water partition coefficient (Wildman–Crippen LogP) is 5.92. The third-order valence-electron chi connectivity index (χ3n) is 3.37. The highest BCUT2D eigenvalue weighted by Crippen LogP contribution is 2.37. The fourth-order valence-electron chi connectivity index (χ4n) is 2.36. The summed E-state index contributed by atoms with van der Waals surface area (Å²) in [5, 5.41) is 5.17. The number of hydrogen-bond donors (Lipinski definition) is 1. The van der Waals surface area contributed by atoms with Crippen molar-refractivity contribution in [3.63, 3.8) is 0 Å². The number of aryl methyl sites for hydroxylation is 1. The molecule has 2 aromatic heterocycles. The normalized spacial score (nSPS) is 13.0. The summed E-state index contributed by atoms with van der Waals surface area (Å²) >= 11 is 11.5. The molecule has 110 valence electrons. The molecule has 0 fully saturated rings. The Bertz CT molecular complexity index is 760. The third kappa shape index (κ3) is 2.90. The lowest BCUT2D eigenvalue weighted by atomic mass is 10.1. The van der Waals surface area contributed by atoms with Crippen LogP contribution in [-0.2, 0) is 0 Å². The first-order valence-corrected chi connectivity index (χ1v) is 8.76. The van der Waals surface area contributed by atoms with Crippen LogP contribution in [0.1, 0.15) is 29.2 Å². The largest absolute Gasteiger partial charge is 0.457 e. The fourth-order valence-corrected chi connectivity index (χ4v) is 4.24. The molecule has 0 aliphatic rings. The molecule has 0 aliphatic heterocycles. The minimum Gasteiger partial charge on any atom is -0.457 e. The van der Waals surface area contributed by atoms with E-state index in [0.29, 0.717) is 5.02 Å². The number of fused-ring (bicyclic) bond motifs is 1. The van der Waals surface area contributed by atoms with Crippen LogP contribution in [0.4, 0.5) is 0 Å². The Balaban J connectivity index is 2.08. The number of rotatable bonds is 4. The molecule has 1 unspecified atom stereocenters. The van der Waals surface area contributed by atoms with Crippen LogP contribution in [0.5, 0.6) is 0 Å². The van der Waals surface area contributed by atoms with Crippen LogP contribution in [0.15, 0.2) is 38.5 Å². The average Bonchev–Trinajstić information content (AvgIpc) is 3.01. The quantitative estimate of drug-likeness (QED) is 0.604. The molecule has 3 aromatic rings. The molecular formula is C16H15BrClNOS. The maximum Gasteiger partial charge on any atom is 0.152 e. The smallest absolute Gasteiger partial charge is 0.152 e. The Morgan fingerprint density at radius 3 is 2.81 bits per heavy atom. The van der Waals surface area contributed by atoms with Gasteiger partial charge in [0, 0.05) is 10.3 Å². The van der Waals surface area contributed by atoms with E-state index in [0.717, 1.165) is 27.1 Å². The fraction of sp³-hybridized carbons (Fsp3) is 0.250. The monoisotopic (exact) mass is 383 g/mol. The summed E-state index contributed by atoms with van der Waals surface area (Å²) in [5.41, 5.74) is 2.00. The van der Waals surface area contributed by atoms with Crippen LogP contribution in [0.2, 0.25) is 5.02 Å². The molecule has 5 heteroatoms. The molecular weight excluding hydrogens is 370 g/mol. The summed E-state index contributed by atoms with van der Waals surface area (Å²) in [6.07, 6.45) is 0. The average molecular weight is 385 g/mol. The minimum atomic E-state index is 0.0495.